The smallest absolute Gasteiger partial charge is 0.279 e. The molecule has 3 N–H and O–H groups in total. The number of nitrogen functional groups attached to an aromatic ring is 1. The van der Waals surface area contributed by atoms with Crippen molar-refractivity contribution in [3.05, 3.63) is 54.0 Å². The normalized spacial score (nSPS) is 11.4. The van der Waals surface area contributed by atoms with Gasteiger partial charge in [0.15, 0.2) is 21.3 Å². The summed E-state index contributed by atoms with van der Waals surface area (Å²) in [7, 11) is -1.47. The molecule has 0 atom stereocenters. The minimum Gasteiger partial charge on any atom is -0.382 e. The zero-order valence-corrected chi connectivity index (χ0v) is 15.9. The summed E-state index contributed by atoms with van der Waals surface area (Å²) < 4.78 is 24.9. The van der Waals surface area contributed by atoms with Gasteiger partial charge >= 0.3 is 0 Å². The van der Waals surface area contributed by atoms with Gasteiger partial charge in [0, 0.05) is 25.1 Å². The van der Waals surface area contributed by atoms with Gasteiger partial charge in [0.25, 0.3) is 5.91 Å². The van der Waals surface area contributed by atoms with E-state index in [1.54, 1.807) is 16.7 Å². The number of carbonyl (C=O) groups excluding carboxylic acids is 1. The average molecular weight is 385 g/mol. The minimum absolute atomic E-state index is 0.00135. The Morgan fingerprint density at radius 2 is 1.89 bits per heavy atom. The van der Waals surface area contributed by atoms with Gasteiger partial charge in [0.2, 0.25) is 0 Å². The number of anilines is 2. The van der Waals surface area contributed by atoms with E-state index < -0.39 is 15.7 Å². The summed E-state index contributed by atoms with van der Waals surface area (Å²) in [6, 6.07) is 8.01. The highest BCUT2D eigenvalue weighted by Crippen LogP contribution is 2.21. The number of aromatic nitrogens is 3. The molecule has 0 spiro atoms. The van der Waals surface area contributed by atoms with E-state index in [9.17, 15) is 13.2 Å². The predicted molar refractivity (Wildman–Crippen MR) is 103 cm³/mol. The van der Waals surface area contributed by atoms with E-state index in [-0.39, 0.29) is 16.4 Å². The topological polar surface area (TPSA) is 120 Å². The summed E-state index contributed by atoms with van der Waals surface area (Å²) in [6.07, 6.45) is 4.46. The lowest BCUT2D eigenvalue weighted by Gasteiger charge is -2.09. The summed E-state index contributed by atoms with van der Waals surface area (Å²) in [5.41, 5.74) is 7.87. The fourth-order valence-corrected chi connectivity index (χ4v) is 3.24. The Labute approximate surface area is 157 Å². The second-order valence-electron chi connectivity index (χ2n) is 6.25. The molecule has 0 saturated carbocycles. The van der Waals surface area contributed by atoms with Gasteiger partial charge in [-0.2, -0.15) is 0 Å². The first-order chi connectivity index (χ1) is 12.6. The minimum atomic E-state index is -3.29. The van der Waals surface area contributed by atoms with Crippen LogP contribution in [0.15, 0.2) is 47.6 Å². The van der Waals surface area contributed by atoms with Crippen molar-refractivity contribution in [2.24, 2.45) is 7.05 Å². The van der Waals surface area contributed by atoms with Crippen LogP contribution < -0.4 is 11.1 Å². The fourth-order valence-electron chi connectivity index (χ4n) is 2.61. The highest BCUT2D eigenvalue weighted by atomic mass is 32.2. The maximum Gasteiger partial charge on any atom is 0.279 e. The number of aryl methyl sites for hydroxylation is 2. The largest absolute Gasteiger partial charge is 0.382 e. The Balaban J connectivity index is 1.92. The van der Waals surface area contributed by atoms with E-state index >= 15 is 0 Å². The number of sulfone groups is 1. The van der Waals surface area contributed by atoms with Gasteiger partial charge < -0.3 is 15.6 Å². The van der Waals surface area contributed by atoms with E-state index in [0.29, 0.717) is 17.1 Å². The van der Waals surface area contributed by atoms with Crippen molar-refractivity contribution in [2.75, 3.05) is 17.3 Å². The molecule has 0 radical (unpaired) electrons. The Kier molecular flexibility index (Phi) is 4.71. The number of hydrogen-bond acceptors (Lipinski definition) is 6. The molecule has 2 heterocycles. The molecule has 3 rings (SSSR count). The lowest BCUT2D eigenvalue weighted by Crippen LogP contribution is -2.18. The van der Waals surface area contributed by atoms with E-state index in [0.717, 1.165) is 11.8 Å². The molecule has 9 heteroatoms. The molecule has 0 aliphatic carbocycles. The van der Waals surface area contributed by atoms with Crippen molar-refractivity contribution >= 4 is 27.4 Å². The Morgan fingerprint density at radius 3 is 2.44 bits per heavy atom. The maximum atomic E-state index is 12.6. The van der Waals surface area contributed by atoms with Crippen molar-refractivity contribution < 1.29 is 13.2 Å². The summed E-state index contributed by atoms with van der Waals surface area (Å²) >= 11 is 0. The fraction of sp³-hybridized carbons (Fsp3) is 0.167. The number of nitrogens with zero attached hydrogens (tertiary/aromatic N) is 3. The molecule has 0 saturated heterocycles. The highest BCUT2D eigenvalue weighted by Gasteiger charge is 2.16. The molecule has 1 amide bonds. The van der Waals surface area contributed by atoms with Crippen molar-refractivity contribution in [3.8, 4) is 11.3 Å². The molecule has 3 aromatic rings. The van der Waals surface area contributed by atoms with Crippen LogP contribution in [-0.2, 0) is 16.9 Å². The van der Waals surface area contributed by atoms with E-state index in [1.165, 1.54) is 18.3 Å². The average Bonchev–Trinajstić information content (AvgIpc) is 2.91. The standard InChI is InChI=1S/C18H19N5O3S/c1-11-8-15(23(2)10-11)22-18(24)16-17(19)20-9-14(21-16)12-4-6-13(7-5-12)27(3,25)26/h4-10H,1-3H3,(H2,19,20)(H,22,24). The Morgan fingerprint density at radius 1 is 1.22 bits per heavy atom. The number of hydrogen-bond donors (Lipinski definition) is 2. The van der Waals surface area contributed by atoms with Gasteiger partial charge in [0.1, 0.15) is 5.82 Å². The number of nitrogens with two attached hydrogens (primary N) is 1. The number of nitrogens with one attached hydrogen (secondary N) is 1. The van der Waals surface area contributed by atoms with Crippen LogP contribution >= 0.6 is 0 Å². The van der Waals surface area contributed by atoms with Gasteiger partial charge in [-0.15, -0.1) is 0 Å². The van der Waals surface area contributed by atoms with Gasteiger partial charge in [-0.1, -0.05) is 12.1 Å². The van der Waals surface area contributed by atoms with Gasteiger partial charge in [-0.25, -0.2) is 18.4 Å². The third-order valence-corrected chi connectivity index (χ3v) is 5.11. The molecule has 1 aromatic carbocycles. The quantitative estimate of drug-likeness (QED) is 0.709. The Bertz CT molecular complexity index is 1120. The van der Waals surface area contributed by atoms with Crippen LogP contribution in [0.5, 0.6) is 0 Å². The SMILES string of the molecule is Cc1cc(NC(=O)c2nc(-c3ccc(S(C)(=O)=O)cc3)cnc2N)n(C)c1. The summed E-state index contributed by atoms with van der Waals surface area (Å²) in [6.45, 7) is 1.92. The third kappa shape index (κ3) is 3.98. The molecule has 0 fully saturated rings. The van der Waals surface area contributed by atoms with Crippen LogP contribution in [0.25, 0.3) is 11.3 Å². The van der Waals surface area contributed by atoms with Crippen molar-refractivity contribution in [2.45, 2.75) is 11.8 Å². The van der Waals surface area contributed by atoms with Crippen LogP contribution in [0.2, 0.25) is 0 Å². The second-order valence-corrected chi connectivity index (χ2v) is 8.27. The number of amides is 1. The molecule has 0 unspecified atom stereocenters. The molecule has 0 bridgehead atoms. The number of rotatable bonds is 4. The van der Waals surface area contributed by atoms with Gasteiger partial charge in [-0.05, 0) is 30.7 Å². The number of carbonyl (C=O) groups is 1. The lowest BCUT2D eigenvalue weighted by atomic mass is 10.1. The lowest BCUT2D eigenvalue weighted by molar-refractivity contribution is 0.102. The molecule has 8 nitrogen and oxygen atoms in total. The van der Waals surface area contributed by atoms with Gasteiger partial charge in [-0.3, -0.25) is 4.79 Å². The molecule has 2 aromatic heterocycles. The summed E-state index contributed by atoms with van der Waals surface area (Å²) in [4.78, 5) is 21.1. The summed E-state index contributed by atoms with van der Waals surface area (Å²) in [5.74, 6) is 0.146. The zero-order valence-electron chi connectivity index (χ0n) is 15.1. The van der Waals surface area contributed by atoms with Crippen LogP contribution in [0.1, 0.15) is 16.1 Å². The zero-order chi connectivity index (χ0) is 19.8. The monoisotopic (exact) mass is 385 g/mol. The third-order valence-electron chi connectivity index (χ3n) is 3.98. The summed E-state index contributed by atoms with van der Waals surface area (Å²) in [5, 5.41) is 2.76. The highest BCUT2D eigenvalue weighted by molar-refractivity contribution is 7.90. The van der Waals surface area contributed by atoms with Crippen molar-refractivity contribution in [1.82, 2.24) is 14.5 Å². The van der Waals surface area contributed by atoms with Crippen LogP contribution in [-0.4, -0.2) is 35.1 Å². The van der Waals surface area contributed by atoms with E-state index in [4.69, 9.17) is 5.73 Å². The van der Waals surface area contributed by atoms with Gasteiger partial charge in [0.05, 0.1) is 16.8 Å². The molecule has 27 heavy (non-hydrogen) atoms. The maximum absolute atomic E-state index is 12.6. The molecule has 0 aliphatic heterocycles. The second kappa shape index (κ2) is 6.84. The number of benzene rings is 1. The van der Waals surface area contributed by atoms with Crippen molar-refractivity contribution in [3.63, 3.8) is 0 Å². The van der Waals surface area contributed by atoms with E-state index in [1.807, 2.05) is 26.2 Å². The Hall–Kier alpha value is -3.20. The van der Waals surface area contributed by atoms with E-state index in [2.05, 4.69) is 15.3 Å². The van der Waals surface area contributed by atoms with Crippen LogP contribution in [0.4, 0.5) is 11.6 Å². The molecular formula is C18H19N5O3S. The first-order valence-corrected chi connectivity index (χ1v) is 9.91. The first kappa shape index (κ1) is 18.6. The predicted octanol–water partition coefficient (Wildman–Crippen LogP) is 2.03. The van der Waals surface area contributed by atoms with Crippen LogP contribution in [0.3, 0.4) is 0 Å². The van der Waals surface area contributed by atoms with Crippen LogP contribution in [0, 0.1) is 6.92 Å². The van der Waals surface area contributed by atoms with Crippen molar-refractivity contribution in [1.29, 1.82) is 0 Å². The molecule has 140 valence electrons. The first-order valence-electron chi connectivity index (χ1n) is 8.02. The molecule has 0 aliphatic rings. The molecular weight excluding hydrogens is 366 g/mol.